The molecule has 0 unspecified atom stereocenters. The fourth-order valence-corrected chi connectivity index (χ4v) is 7.12. The maximum absolute atomic E-state index is 12.4. The van der Waals surface area contributed by atoms with E-state index in [1.807, 2.05) is 6.92 Å². The molecule has 4 saturated carbocycles. The number of sulfone groups is 1. The fourth-order valence-electron chi connectivity index (χ4n) is 5.89. The summed E-state index contributed by atoms with van der Waals surface area (Å²) in [4.78, 5) is 24.5. The van der Waals surface area contributed by atoms with E-state index in [-0.39, 0.29) is 35.1 Å². The second-order valence-corrected chi connectivity index (χ2v) is 11.4. The highest BCUT2D eigenvalue weighted by Crippen LogP contribution is 2.55. The van der Waals surface area contributed by atoms with Crippen LogP contribution in [0.1, 0.15) is 50.5 Å². The Hall–Kier alpha value is -1.89. The summed E-state index contributed by atoms with van der Waals surface area (Å²) < 4.78 is 29.7. The number of hydrogen-bond acceptors (Lipinski definition) is 5. The van der Waals surface area contributed by atoms with E-state index in [1.54, 1.807) is 12.1 Å². The van der Waals surface area contributed by atoms with Gasteiger partial charge in [-0.15, -0.1) is 0 Å². The fraction of sp³-hybridized carbons (Fsp3) is 0.636. The lowest BCUT2D eigenvalue weighted by molar-refractivity contribution is -0.149. The monoisotopic (exact) mass is 419 g/mol. The summed E-state index contributed by atoms with van der Waals surface area (Å²) in [5.41, 5.74) is 0.848. The van der Waals surface area contributed by atoms with Gasteiger partial charge in [0.2, 0.25) is 0 Å². The molecule has 0 aromatic heterocycles. The van der Waals surface area contributed by atoms with Crippen LogP contribution in [0, 0.1) is 24.7 Å². The second kappa shape index (κ2) is 7.74. The molecular formula is C22H29NO5S. The molecule has 1 aromatic rings. The van der Waals surface area contributed by atoms with Gasteiger partial charge in [-0.1, -0.05) is 17.7 Å². The number of esters is 1. The molecule has 0 aliphatic heterocycles. The van der Waals surface area contributed by atoms with Crippen molar-refractivity contribution in [3.63, 3.8) is 0 Å². The van der Waals surface area contributed by atoms with Gasteiger partial charge in [0.05, 0.1) is 17.1 Å². The lowest BCUT2D eigenvalue weighted by Crippen LogP contribution is -2.60. The third-order valence-corrected chi connectivity index (χ3v) is 8.49. The molecule has 4 aliphatic carbocycles. The van der Waals surface area contributed by atoms with Gasteiger partial charge in [-0.3, -0.25) is 9.59 Å². The number of carbonyl (C=O) groups excluding carboxylic acids is 2. The highest BCUT2D eigenvalue weighted by molar-refractivity contribution is 7.91. The molecule has 7 heteroatoms. The van der Waals surface area contributed by atoms with Crippen LogP contribution in [0.4, 0.5) is 0 Å². The van der Waals surface area contributed by atoms with E-state index in [1.165, 1.54) is 31.4 Å². The Balaban J connectivity index is 1.23. The predicted octanol–water partition coefficient (Wildman–Crippen LogP) is 2.79. The Morgan fingerprint density at radius 2 is 1.59 bits per heavy atom. The molecule has 4 bridgehead atoms. The summed E-state index contributed by atoms with van der Waals surface area (Å²) in [6, 6.07) is 6.52. The van der Waals surface area contributed by atoms with Gasteiger partial charge in [0.1, 0.15) is 0 Å². The molecule has 1 amide bonds. The van der Waals surface area contributed by atoms with Gasteiger partial charge in [0.25, 0.3) is 5.91 Å². The molecule has 0 saturated heterocycles. The maximum atomic E-state index is 12.4. The van der Waals surface area contributed by atoms with Crippen molar-refractivity contribution in [3.05, 3.63) is 29.8 Å². The first kappa shape index (κ1) is 20.4. The first-order valence-electron chi connectivity index (χ1n) is 10.5. The quantitative estimate of drug-likeness (QED) is 0.687. The summed E-state index contributed by atoms with van der Waals surface area (Å²) in [5.74, 6) is 0.886. The minimum absolute atomic E-state index is 0.118. The summed E-state index contributed by atoms with van der Waals surface area (Å²) >= 11 is 0. The summed E-state index contributed by atoms with van der Waals surface area (Å²) in [7, 11) is -3.55. The lowest BCUT2D eigenvalue weighted by Gasteiger charge is -2.56. The first-order chi connectivity index (χ1) is 13.7. The van der Waals surface area contributed by atoms with Gasteiger partial charge >= 0.3 is 5.97 Å². The Kier molecular flexibility index (Phi) is 5.44. The smallest absolute Gasteiger partial charge is 0.307 e. The molecule has 158 valence electrons. The van der Waals surface area contributed by atoms with Crippen molar-refractivity contribution in [2.24, 2.45) is 17.8 Å². The average Bonchev–Trinajstić information content (AvgIpc) is 2.63. The van der Waals surface area contributed by atoms with E-state index < -0.39 is 15.8 Å². The minimum Gasteiger partial charge on any atom is -0.456 e. The molecule has 4 fully saturated rings. The molecule has 5 rings (SSSR count). The summed E-state index contributed by atoms with van der Waals surface area (Å²) in [6.45, 7) is 1.54. The lowest BCUT2D eigenvalue weighted by atomic mass is 9.53. The van der Waals surface area contributed by atoms with Crippen molar-refractivity contribution in [1.29, 1.82) is 0 Å². The van der Waals surface area contributed by atoms with E-state index in [4.69, 9.17) is 4.74 Å². The van der Waals surface area contributed by atoms with Crippen LogP contribution >= 0.6 is 0 Å². The van der Waals surface area contributed by atoms with Gasteiger partial charge in [0, 0.05) is 5.54 Å². The van der Waals surface area contributed by atoms with Crippen LogP contribution in [0.5, 0.6) is 0 Å². The zero-order valence-corrected chi connectivity index (χ0v) is 17.7. The maximum Gasteiger partial charge on any atom is 0.307 e. The number of hydrogen-bond donors (Lipinski definition) is 1. The van der Waals surface area contributed by atoms with Crippen molar-refractivity contribution < 1.29 is 22.7 Å². The largest absolute Gasteiger partial charge is 0.456 e. The highest BCUT2D eigenvalue weighted by atomic mass is 32.2. The van der Waals surface area contributed by atoms with E-state index in [2.05, 4.69) is 5.32 Å². The van der Waals surface area contributed by atoms with Crippen LogP contribution in [-0.2, 0) is 24.2 Å². The topological polar surface area (TPSA) is 89.5 Å². The van der Waals surface area contributed by atoms with Crippen LogP contribution in [0.3, 0.4) is 0 Å². The van der Waals surface area contributed by atoms with Crippen molar-refractivity contribution in [3.8, 4) is 0 Å². The number of nitrogens with one attached hydrogen (secondary N) is 1. The van der Waals surface area contributed by atoms with Gasteiger partial charge < -0.3 is 10.1 Å². The number of rotatable bonds is 7. The van der Waals surface area contributed by atoms with Crippen LogP contribution in [0.2, 0.25) is 0 Å². The van der Waals surface area contributed by atoms with Gasteiger partial charge in [-0.2, -0.15) is 0 Å². The van der Waals surface area contributed by atoms with Crippen LogP contribution in [0.15, 0.2) is 29.2 Å². The third-order valence-electron chi connectivity index (χ3n) is 6.76. The van der Waals surface area contributed by atoms with Gasteiger partial charge in [-0.25, -0.2) is 8.42 Å². The molecule has 1 N–H and O–H groups in total. The second-order valence-electron chi connectivity index (χ2n) is 9.29. The Labute approximate surface area is 172 Å². The Morgan fingerprint density at radius 3 is 2.14 bits per heavy atom. The molecule has 0 spiro atoms. The molecule has 0 atom stereocenters. The van der Waals surface area contributed by atoms with Crippen molar-refractivity contribution in [2.75, 3.05) is 12.4 Å². The molecule has 0 heterocycles. The van der Waals surface area contributed by atoms with Crippen molar-refractivity contribution in [1.82, 2.24) is 5.32 Å². The summed E-state index contributed by atoms with van der Waals surface area (Å²) in [5, 5.41) is 3.15. The van der Waals surface area contributed by atoms with Gasteiger partial charge in [0.15, 0.2) is 16.4 Å². The molecular weight excluding hydrogens is 390 g/mol. The number of benzene rings is 1. The van der Waals surface area contributed by atoms with E-state index >= 15 is 0 Å². The van der Waals surface area contributed by atoms with Crippen molar-refractivity contribution in [2.45, 2.75) is 62.3 Å². The van der Waals surface area contributed by atoms with Crippen LogP contribution in [-0.4, -0.2) is 38.2 Å². The van der Waals surface area contributed by atoms with Crippen molar-refractivity contribution >= 4 is 21.7 Å². The molecule has 0 radical (unpaired) electrons. The number of amides is 1. The third kappa shape index (κ3) is 4.65. The molecule has 29 heavy (non-hydrogen) atoms. The minimum atomic E-state index is -3.55. The Bertz CT molecular complexity index is 855. The van der Waals surface area contributed by atoms with E-state index in [0.717, 1.165) is 42.6 Å². The number of ether oxygens (including phenoxy) is 1. The van der Waals surface area contributed by atoms with E-state index in [0.29, 0.717) is 0 Å². The Morgan fingerprint density at radius 1 is 1.03 bits per heavy atom. The standard InChI is InChI=1S/C22H29NO5S/c1-15-2-4-19(5-3-15)29(26,27)7-6-21(25)28-14-20(24)23-22-11-16-8-17(12-22)10-18(9-16)13-22/h2-5,16-18H,6-14H2,1H3,(H,23,24). The van der Waals surface area contributed by atoms with Crippen LogP contribution in [0.25, 0.3) is 0 Å². The molecule has 4 aliphatic rings. The number of carbonyl (C=O) groups is 2. The summed E-state index contributed by atoms with van der Waals surface area (Å²) in [6.07, 6.45) is 6.72. The average molecular weight is 420 g/mol. The predicted molar refractivity (Wildman–Crippen MR) is 108 cm³/mol. The van der Waals surface area contributed by atoms with E-state index in [9.17, 15) is 18.0 Å². The first-order valence-corrected chi connectivity index (χ1v) is 12.1. The van der Waals surface area contributed by atoms with Gasteiger partial charge in [-0.05, 0) is 75.3 Å². The normalized spacial score (nSPS) is 30.2. The van der Waals surface area contributed by atoms with Crippen LogP contribution < -0.4 is 5.32 Å². The highest BCUT2D eigenvalue weighted by Gasteiger charge is 2.51. The zero-order chi connectivity index (χ0) is 20.6. The SMILES string of the molecule is Cc1ccc(S(=O)(=O)CCC(=O)OCC(=O)NC23CC4CC(CC(C4)C2)C3)cc1. The number of aryl methyl sites for hydroxylation is 1. The molecule has 6 nitrogen and oxygen atoms in total. The zero-order valence-electron chi connectivity index (χ0n) is 16.9. The molecule has 1 aromatic carbocycles.